The molecule has 2 heterocycles. The van der Waals surface area contributed by atoms with Gasteiger partial charge in [0.2, 0.25) is 0 Å². The van der Waals surface area contributed by atoms with E-state index in [1.807, 2.05) is 36.1 Å². The van der Waals surface area contributed by atoms with Gasteiger partial charge in [-0.3, -0.25) is 4.79 Å². The number of alkyl halides is 3. The third-order valence-corrected chi connectivity index (χ3v) is 5.16. The lowest BCUT2D eigenvalue weighted by Gasteiger charge is -2.32. The monoisotopic (exact) mass is 388 g/mol. The van der Waals surface area contributed by atoms with Gasteiger partial charge in [-0.2, -0.15) is 13.2 Å². The van der Waals surface area contributed by atoms with Gasteiger partial charge in [0.25, 0.3) is 5.91 Å². The highest BCUT2D eigenvalue weighted by Crippen LogP contribution is 2.32. The highest BCUT2D eigenvalue weighted by Gasteiger charge is 2.32. The van der Waals surface area contributed by atoms with Crippen LogP contribution in [0.15, 0.2) is 42.5 Å². The number of fused-ring (bicyclic) bond motifs is 1. The molecule has 0 bridgehead atoms. The molecular weight excluding hydrogens is 369 g/mol. The van der Waals surface area contributed by atoms with Gasteiger partial charge in [0.15, 0.2) is 0 Å². The fourth-order valence-corrected chi connectivity index (χ4v) is 3.66. The third-order valence-electron chi connectivity index (χ3n) is 5.16. The van der Waals surface area contributed by atoms with Gasteiger partial charge in [-0.15, -0.1) is 5.10 Å². The Morgan fingerprint density at radius 3 is 2.54 bits per heavy atom. The fourth-order valence-electron chi connectivity index (χ4n) is 3.66. The molecule has 2 aromatic carbocycles. The maximum absolute atomic E-state index is 12.9. The molecule has 5 nitrogen and oxygen atoms in total. The van der Waals surface area contributed by atoms with Crippen molar-refractivity contribution in [1.82, 2.24) is 19.9 Å². The van der Waals surface area contributed by atoms with Gasteiger partial charge in [0, 0.05) is 18.7 Å². The number of benzene rings is 2. The largest absolute Gasteiger partial charge is 0.416 e. The van der Waals surface area contributed by atoms with E-state index in [0.29, 0.717) is 37.0 Å². The highest BCUT2D eigenvalue weighted by atomic mass is 19.4. The maximum atomic E-state index is 12.9. The summed E-state index contributed by atoms with van der Waals surface area (Å²) < 4.78 is 40.3. The normalized spacial score (nSPS) is 15.9. The Kier molecular flexibility index (Phi) is 4.56. The molecule has 8 heteroatoms. The summed E-state index contributed by atoms with van der Waals surface area (Å²) in [7, 11) is 0. The molecule has 28 heavy (non-hydrogen) atoms. The van der Waals surface area contributed by atoms with Crippen molar-refractivity contribution in [2.24, 2.45) is 0 Å². The van der Waals surface area contributed by atoms with Gasteiger partial charge in [0.05, 0.1) is 17.1 Å². The van der Waals surface area contributed by atoms with E-state index in [-0.39, 0.29) is 17.5 Å². The highest BCUT2D eigenvalue weighted by molar-refractivity contribution is 5.94. The number of nitrogens with zero attached hydrogens (tertiary/aromatic N) is 4. The summed E-state index contributed by atoms with van der Waals surface area (Å²) in [4.78, 5) is 14.5. The number of aryl methyl sites for hydroxylation is 1. The predicted molar refractivity (Wildman–Crippen MR) is 97.9 cm³/mol. The van der Waals surface area contributed by atoms with Crippen LogP contribution >= 0.6 is 0 Å². The van der Waals surface area contributed by atoms with Crippen molar-refractivity contribution in [3.05, 3.63) is 59.2 Å². The van der Waals surface area contributed by atoms with E-state index < -0.39 is 11.7 Å². The van der Waals surface area contributed by atoms with E-state index in [0.717, 1.165) is 17.7 Å². The zero-order valence-electron chi connectivity index (χ0n) is 15.3. The Bertz CT molecular complexity index is 1020. The molecule has 4 rings (SSSR count). The summed E-state index contributed by atoms with van der Waals surface area (Å²) in [5.74, 6) is 0.000386. The molecule has 0 radical (unpaired) electrons. The Hall–Kier alpha value is -2.90. The van der Waals surface area contributed by atoms with E-state index in [1.54, 1.807) is 4.68 Å². The lowest BCUT2D eigenvalue weighted by atomic mass is 10.0. The maximum Gasteiger partial charge on any atom is 0.416 e. The summed E-state index contributed by atoms with van der Waals surface area (Å²) in [6.45, 7) is 3.09. The fraction of sp³-hybridized carbons (Fsp3) is 0.350. The smallest absolute Gasteiger partial charge is 0.338 e. The second-order valence-electron chi connectivity index (χ2n) is 7.13. The second kappa shape index (κ2) is 6.92. The number of rotatable bonds is 2. The molecular formula is C20H19F3N4O. The average Bonchev–Trinajstić information content (AvgIpc) is 3.10. The van der Waals surface area contributed by atoms with Crippen molar-refractivity contribution in [2.45, 2.75) is 32.0 Å². The summed E-state index contributed by atoms with van der Waals surface area (Å²) in [6.07, 6.45) is -3.05. The van der Waals surface area contributed by atoms with Gasteiger partial charge in [0.1, 0.15) is 5.52 Å². The number of aromatic nitrogens is 3. The van der Waals surface area contributed by atoms with Crippen LogP contribution in [-0.2, 0) is 6.18 Å². The average molecular weight is 388 g/mol. The molecule has 146 valence electrons. The molecule has 1 aliphatic rings. The minimum atomic E-state index is -4.40. The molecule has 1 fully saturated rings. The van der Waals surface area contributed by atoms with Crippen molar-refractivity contribution in [2.75, 3.05) is 13.1 Å². The summed E-state index contributed by atoms with van der Waals surface area (Å²) in [5.41, 5.74) is 1.78. The van der Waals surface area contributed by atoms with Crippen LogP contribution in [-0.4, -0.2) is 38.9 Å². The third kappa shape index (κ3) is 3.46. The Morgan fingerprint density at radius 1 is 1.11 bits per heavy atom. The van der Waals surface area contributed by atoms with Gasteiger partial charge in [-0.25, -0.2) is 4.68 Å². The quantitative estimate of drug-likeness (QED) is 0.660. The van der Waals surface area contributed by atoms with E-state index in [4.69, 9.17) is 0 Å². The minimum Gasteiger partial charge on any atom is -0.338 e. The number of hydrogen-bond donors (Lipinski definition) is 0. The van der Waals surface area contributed by atoms with Crippen LogP contribution in [0.5, 0.6) is 0 Å². The van der Waals surface area contributed by atoms with Gasteiger partial charge in [-0.05, 0) is 50.1 Å². The van der Waals surface area contributed by atoms with Crippen LogP contribution in [0.2, 0.25) is 0 Å². The molecule has 0 atom stereocenters. The Balaban J connectivity index is 1.49. The molecule has 0 aliphatic carbocycles. The Morgan fingerprint density at radius 2 is 1.86 bits per heavy atom. The molecule has 3 aromatic rings. The lowest BCUT2D eigenvalue weighted by molar-refractivity contribution is -0.137. The van der Waals surface area contributed by atoms with E-state index in [2.05, 4.69) is 10.3 Å². The molecule has 1 amide bonds. The van der Waals surface area contributed by atoms with Gasteiger partial charge in [-0.1, -0.05) is 22.9 Å². The van der Waals surface area contributed by atoms with Crippen LogP contribution in [0.3, 0.4) is 0 Å². The summed E-state index contributed by atoms with van der Waals surface area (Å²) in [5, 5.41) is 7.99. The zero-order valence-corrected chi connectivity index (χ0v) is 15.3. The summed E-state index contributed by atoms with van der Waals surface area (Å²) >= 11 is 0. The van der Waals surface area contributed by atoms with E-state index in [9.17, 15) is 18.0 Å². The number of halogens is 3. The minimum absolute atomic E-state index is 0.000386. The number of carbonyl (C=O) groups excluding carboxylic acids is 1. The first kappa shape index (κ1) is 18.5. The van der Waals surface area contributed by atoms with Crippen molar-refractivity contribution >= 4 is 16.9 Å². The molecule has 0 saturated carbocycles. The van der Waals surface area contributed by atoms with Gasteiger partial charge >= 0.3 is 6.18 Å². The zero-order chi connectivity index (χ0) is 19.9. The molecule has 0 spiro atoms. The first-order valence-electron chi connectivity index (χ1n) is 9.11. The number of amides is 1. The molecule has 0 N–H and O–H groups in total. The first-order chi connectivity index (χ1) is 13.3. The van der Waals surface area contributed by atoms with Crippen LogP contribution in [0.4, 0.5) is 13.2 Å². The molecule has 1 aliphatic heterocycles. The van der Waals surface area contributed by atoms with E-state index in [1.165, 1.54) is 6.07 Å². The molecule has 0 unspecified atom stereocenters. The van der Waals surface area contributed by atoms with Crippen LogP contribution in [0, 0.1) is 6.92 Å². The second-order valence-corrected chi connectivity index (χ2v) is 7.13. The summed E-state index contributed by atoms with van der Waals surface area (Å²) in [6, 6.07) is 11.0. The van der Waals surface area contributed by atoms with E-state index >= 15 is 0 Å². The number of likely N-dealkylation sites (tertiary alicyclic amines) is 1. The Labute approximate surface area is 159 Å². The molecule has 1 saturated heterocycles. The van der Waals surface area contributed by atoms with Gasteiger partial charge < -0.3 is 4.90 Å². The standard InChI is InChI=1S/C20H19F3N4O/c1-13-3-2-4-14(11-13)19(28)26-9-7-16(8-10-26)27-18-6-5-15(20(21,22)23)12-17(18)24-25-27/h2-6,11-12,16H,7-10H2,1H3. The van der Waals surface area contributed by atoms with Crippen molar-refractivity contribution in [3.8, 4) is 0 Å². The SMILES string of the molecule is Cc1cccc(C(=O)N2CCC(n3nnc4cc(C(F)(F)F)ccc43)CC2)c1. The van der Waals surface area contributed by atoms with Crippen molar-refractivity contribution < 1.29 is 18.0 Å². The number of hydrogen-bond acceptors (Lipinski definition) is 3. The first-order valence-corrected chi connectivity index (χ1v) is 9.11. The lowest BCUT2D eigenvalue weighted by Crippen LogP contribution is -2.39. The molecule has 1 aromatic heterocycles. The predicted octanol–water partition coefficient (Wildman–Crippen LogP) is 4.24. The number of piperidine rings is 1. The van der Waals surface area contributed by atoms with Crippen molar-refractivity contribution in [1.29, 1.82) is 0 Å². The van der Waals surface area contributed by atoms with Crippen LogP contribution in [0.25, 0.3) is 11.0 Å². The number of carbonyl (C=O) groups is 1. The van der Waals surface area contributed by atoms with Crippen LogP contribution < -0.4 is 0 Å². The van der Waals surface area contributed by atoms with Crippen LogP contribution in [0.1, 0.15) is 40.4 Å². The van der Waals surface area contributed by atoms with Crippen molar-refractivity contribution in [3.63, 3.8) is 0 Å². The topological polar surface area (TPSA) is 51.0 Å².